The van der Waals surface area contributed by atoms with Gasteiger partial charge in [-0.3, -0.25) is 14.0 Å². The Hall–Kier alpha value is -2.74. The largest absolute Gasteiger partial charge is 0.343 e. The molecule has 3 aromatic heterocycles. The summed E-state index contributed by atoms with van der Waals surface area (Å²) in [6.45, 7) is 1.84. The van der Waals surface area contributed by atoms with Crippen LogP contribution in [-0.2, 0) is 13.6 Å². The Bertz CT molecular complexity index is 968. The van der Waals surface area contributed by atoms with Gasteiger partial charge in [0.15, 0.2) is 5.82 Å². The normalized spacial score (nSPS) is 23.1. The first-order chi connectivity index (χ1) is 13.2. The summed E-state index contributed by atoms with van der Waals surface area (Å²) in [4.78, 5) is 23.0. The molecule has 8 nitrogen and oxygen atoms in total. The summed E-state index contributed by atoms with van der Waals surface area (Å²) >= 11 is 0. The molecule has 2 unspecified atom stereocenters. The molecule has 1 N–H and O–H groups in total. The smallest absolute Gasteiger partial charge is 0.291 e. The predicted molar refractivity (Wildman–Crippen MR) is 99.2 cm³/mol. The van der Waals surface area contributed by atoms with Crippen molar-refractivity contribution in [3.8, 4) is 5.82 Å². The summed E-state index contributed by atoms with van der Waals surface area (Å²) < 4.78 is 3.56. The Kier molecular flexibility index (Phi) is 3.93. The first-order valence-corrected chi connectivity index (χ1v) is 9.49. The zero-order valence-electron chi connectivity index (χ0n) is 15.3. The van der Waals surface area contributed by atoms with Crippen LogP contribution in [0.5, 0.6) is 0 Å². The van der Waals surface area contributed by atoms with Gasteiger partial charge in [-0.2, -0.15) is 5.10 Å². The minimum absolute atomic E-state index is 0.141. The summed E-state index contributed by atoms with van der Waals surface area (Å²) in [5.74, 6) is 3.07. The second-order valence-corrected chi connectivity index (χ2v) is 7.65. The summed E-state index contributed by atoms with van der Waals surface area (Å²) in [6.07, 6.45) is 11.1. The number of likely N-dealkylation sites (tertiary alicyclic amines) is 1. The molecule has 4 heterocycles. The Morgan fingerprint density at radius 2 is 2.15 bits per heavy atom. The standard InChI is InChI=1S/C19H23N7O/c1-24-18(22-23-19(24)27)17-15(14-3-4-14)6-8-25(17)11-13-2-5-16(21-10-13)26-9-7-20-12-26/h2,5,7,9-10,12,14-15,17H,3-4,6,8,11H2,1H3,(H,23,27). The lowest BCUT2D eigenvalue weighted by molar-refractivity contribution is 0.197. The monoisotopic (exact) mass is 365 g/mol. The van der Waals surface area contributed by atoms with Gasteiger partial charge >= 0.3 is 5.69 Å². The third-order valence-electron chi connectivity index (χ3n) is 5.92. The zero-order valence-corrected chi connectivity index (χ0v) is 15.3. The highest BCUT2D eigenvalue weighted by molar-refractivity contribution is 5.25. The molecular weight excluding hydrogens is 342 g/mol. The third kappa shape index (κ3) is 2.99. The van der Waals surface area contributed by atoms with Crippen LogP contribution < -0.4 is 5.69 Å². The van der Waals surface area contributed by atoms with Gasteiger partial charge in [0, 0.05) is 32.2 Å². The lowest BCUT2D eigenvalue weighted by Crippen LogP contribution is -2.29. The van der Waals surface area contributed by atoms with Crippen LogP contribution in [-0.4, -0.2) is 40.7 Å². The number of hydrogen-bond acceptors (Lipinski definition) is 5. The fraction of sp³-hybridized carbons (Fsp3) is 0.474. The Morgan fingerprint density at radius 1 is 1.26 bits per heavy atom. The number of aromatic amines is 1. The Balaban J connectivity index is 1.40. The molecule has 1 aliphatic carbocycles. The van der Waals surface area contributed by atoms with E-state index in [4.69, 9.17) is 0 Å². The van der Waals surface area contributed by atoms with Crippen LogP contribution >= 0.6 is 0 Å². The quantitative estimate of drug-likeness (QED) is 0.743. The maximum absolute atomic E-state index is 11.9. The average Bonchev–Trinajstić information content (AvgIpc) is 3.08. The van der Waals surface area contributed by atoms with E-state index < -0.39 is 0 Å². The maximum atomic E-state index is 11.9. The summed E-state index contributed by atoms with van der Waals surface area (Å²) in [5.41, 5.74) is 1.03. The molecular formula is C19H23N7O. The summed E-state index contributed by atoms with van der Waals surface area (Å²) in [7, 11) is 1.81. The lowest BCUT2D eigenvalue weighted by Gasteiger charge is -2.27. The average molecular weight is 365 g/mol. The first kappa shape index (κ1) is 16.4. The van der Waals surface area contributed by atoms with Crippen LogP contribution in [0, 0.1) is 11.8 Å². The number of nitrogens with one attached hydrogen (secondary N) is 1. The van der Waals surface area contributed by atoms with E-state index in [1.807, 2.05) is 30.1 Å². The van der Waals surface area contributed by atoms with Crippen LogP contribution in [0.2, 0.25) is 0 Å². The topological polar surface area (TPSA) is 84.6 Å². The van der Waals surface area contributed by atoms with Gasteiger partial charge in [-0.15, -0.1) is 0 Å². The minimum Gasteiger partial charge on any atom is -0.291 e. The van der Waals surface area contributed by atoms with Crippen LogP contribution in [0.25, 0.3) is 5.82 Å². The second kappa shape index (κ2) is 6.45. The Morgan fingerprint density at radius 3 is 2.78 bits per heavy atom. The van der Waals surface area contributed by atoms with Gasteiger partial charge in [0.1, 0.15) is 12.1 Å². The molecule has 2 aliphatic rings. The molecule has 1 aliphatic heterocycles. The van der Waals surface area contributed by atoms with Crippen molar-refractivity contribution in [2.45, 2.75) is 31.8 Å². The van der Waals surface area contributed by atoms with Crippen molar-refractivity contribution in [1.29, 1.82) is 0 Å². The molecule has 2 fully saturated rings. The molecule has 27 heavy (non-hydrogen) atoms. The van der Waals surface area contributed by atoms with Crippen molar-refractivity contribution in [3.63, 3.8) is 0 Å². The molecule has 0 amide bonds. The van der Waals surface area contributed by atoms with Crippen molar-refractivity contribution in [3.05, 3.63) is 58.9 Å². The summed E-state index contributed by atoms with van der Waals surface area (Å²) in [6, 6.07) is 4.33. The van der Waals surface area contributed by atoms with E-state index in [1.165, 1.54) is 18.4 Å². The number of nitrogens with zero attached hydrogens (tertiary/aromatic N) is 6. The highest BCUT2D eigenvalue weighted by atomic mass is 16.1. The second-order valence-electron chi connectivity index (χ2n) is 7.65. The van der Waals surface area contributed by atoms with Crippen LogP contribution in [0.4, 0.5) is 0 Å². The van der Waals surface area contributed by atoms with Gasteiger partial charge in [-0.05, 0) is 49.3 Å². The first-order valence-electron chi connectivity index (χ1n) is 9.49. The zero-order chi connectivity index (χ0) is 18.4. The van der Waals surface area contributed by atoms with Crippen molar-refractivity contribution < 1.29 is 0 Å². The predicted octanol–water partition coefficient (Wildman–Crippen LogP) is 1.66. The van der Waals surface area contributed by atoms with E-state index in [1.54, 1.807) is 17.1 Å². The van der Waals surface area contributed by atoms with E-state index in [2.05, 4.69) is 31.1 Å². The molecule has 0 spiro atoms. The molecule has 0 bridgehead atoms. The minimum atomic E-state index is -0.141. The molecule has 5 rings (SSSR count). The highest BCUT2D eigenvalue weighted by Crippen LogP contribution is 2.50. The van der Waals surface area contributed by atoms with Gasteiger partial charge in [0.25, 0.3) is 0 Å². The number of rotatable bonds is 5. The number of imidazole rings is 1. The SMILES string of the molecule is Cn1c(C2C(C3CC3)CCN2Cc2ccc(-n3ccnc3)nc2)n[nH]c1=O. The molecule has 1 saturated carbocycles. The van der Waals surface area contributed by atoms with Gasteiger partial charge in [-0.1, -0.05) is 6.07 Å². The number of H-pyrrole nitrogens is 1. The fourth-order valence-electron chi connectivity index (χ4n) is 4.35. The van der Waals surface area contributed by atoms with Gasteiger partial charge < -0.3 is 0 Å². The van der Waals surface area contributed by atoms with Crippen molar-refractivity contribution in [1.82, 2.24) is 34.2 Å². The van der Waals surface area contributed by atoms with E-state index in [0.717, 1.165) is 37.1 Å². The van der Waals surface area contributed by atoms with E-state index in [9.17, 15) is 4.79 Å². The van der Waals surface area contributed by atoms with Gasteiger partial charge in [0.2, 0.25) is 0 Å². The molecule has 0 aromatic carbocycles. The molecule has 8 heteroatoms. The van der Waals surface area contributed by atoms with Crippen molar-refractivity contribution in [2.75, 3.05) is 6.54 Å². The maximum Gasteiger partial charge on any atom is 0.343 e. The molecule has 1 saturated heterocycles. The molecule has 2 atom stereocenters. The number of aromatic nitrogens is 6. The van der Waals surface area contributed by atoms with E-state index in [-0.39, 0.29) is 11.7 Å². The molecule has 0 radical (unpaired) electrons. The fourth-order valence-corrected chi connectivity index (χ4v) is 4.35. The molecule has 3 aromatic rings. The third-order valence-corrected chi connectivity index (χ3v) is 5.92. The molecule has 140 valence electrons. The highest BCUT2D eigenvalue weighted by Gasteiger charge is 2.45. The van der Waals surface area contributed by atoms with Gasteiger partial charge in [0.05, 0.1) is 6.04 Å². The van der Waals surface area contributed by atoms with E-state index >= 15 is 0 Å². The lowest BCUT2D eigenvalue weighted by atomic mass is 9.94. The van der Waals surface area contributed by atoms with Crippen LogP contribution in [0.3, 0.4) is 0 Å². The van der Waals surface area contributed by atoms with Crippen molar-refractivity contribution in [2.24, 2.45) is 18.9 Å². The van der Waals surface area contributed by atoms with E-state index in [0.29, 0.717) is 5.92 Å². The number of hydrogen-bond donors (Lipinski definition) is 1. The number of pyridine rings is 1. The van der Waals surface area contributed by atoms with Crippen LogP contribution in [0.15, 0.2) is 41.8 Å². The van der Waals surface area contributed by atoms with Gasteiger partial charge in [-0.25, -0.2) is 19.9 Å². The van der Waals surface area contributed by atoms with Crippen LogP contribution in [0.1, 0.15) is 36.7 Å². The Labute approximate surface area is 156 Å². The summed E-state index contributed by atoms with van der Waals surface area (Å²) in [5, 5.41) is 6.97. The van der Waals surface area contributed by atoms with Crippen molar-refractivity contribution >= 4 is 0 Å².